The number of nitro benzene ring substituents is 1. The highest BCUT2D eigenvalue weighted by molar-refractivity contribution is 7.09. The van der Waals surface area contributed by atoms with Crippen LogP contribution in [0.5, 0.6) is 0 Å². The van der Waals surface area contributed by atoms with Gasteiger partial charge in [-0.3, -0.25) is 10.1 Å². The number of nitro groups is 1. The molecule has 0 unspecified atom stereocenters. The Hall–Kier alpha value is -2.48. The smallest absolute Gasteiger partial charge is 0.319 e. The number of hydrogen-bond donors (Lipinski definition) is 2. The van der Waals surface area contributed by atoms with Crippen LogP contribution in [0.25, 0.3) is 0 Å². The second-order valence-electron chi connectivity index (χ2n) is 5.50. The Morgan fingerprint density at radius 3 is 2.71 bits per heavy atom. The number of hydrogen-bond acceptors (Lipinski definition) is 5. The Morgan fingerprint density at radius 1 is 1.42 bits per heavy atom. The van der Waals surface area contributed by atoms with E-state index in [9.17, 15) is 14.9 Å². The van der Waals surface area contributed by atoms with Crippen molar-refractivity contribution in [2.45, 2.75) is 40.2 Å². The van der Waals surface area contributed by atoms with E-state index < -0.39 is 11.0 Å². The van der Waals surface area contributed by atoms with Gasteiger partial charge in [-0.25, -0.2) is 9.78 Å². The van der Waals surface area contributed by atoms with Gasteiger partial charge in [0.1, 0.15) is 0 Å². The maximum absolute atomic E-state index is 12.2. The fraction of sp³-hybridized carbons (Fsp3) is 0.375. The Kier molecular flexibility index (Phi) is 5.50. The van der Waals surface area contributed by atoms with Crippen LogP contribution >= 0.6 is 11.3 Å². The first kappa shape index (κ1) is 17.9. The van der Waals surface area contributed by atoms with Crippen LogP contribution in [0.1, 0.15) is 41.7 Å². The molecular formula is C16H20N4O3S. The maximum Gasteiger partial charge on any atom is 0.319 e. The van der Waals surface area contributed by atoms with Gasteiger partial charge in [0.05, 0.1) is 32.9 Å². The van der Waals surface area contributed by atoms with Gasteiger partial charge < -0.3 is 10.6 Å². The SMILES string of the molecule is CCc1nc([C@H](C)NC(=O)Nc2c(C)ccc([N+](=O)[O-])c2C)cs1. The minimum Gasteiger partial charge on any atom is -0.330 e. The molecule has 128 valence electrons. The number of amides is 2. The molecule has 0 bridgehead atoms. The lowest BCUT2D eigenvalue weighted by Crippen LogP contribution is -2.31. The van der Waals surface area contributed by atoms with Gasteiger partial charge in [-0.15, -0.1) is 11.3 Å². The van der Waals surface area contributed by atoms with Gasteiger partial charge in [-0.2, -0.15) is 0 Å². The fourth-order valence-electron chi connectivity index (χ4n) is 2.33. The highest BCUT2D eigenvalue weighted by atomic mass is 32.1. The lowest BCUT2D eigenvalue weighted by atomic mass is 10.1. The number of nitrogens with zero attached hydrogens (tertiary/aromatic N) is 2. The molecule has 0 aliphatic rings. The third kappa shape index (κ3) is 3.88. The molecule has 1 aromatic carbocycles. The average Bonchev–Trinajstić information content (AvgIpc) is 3.00. The van der Waals surface area contributed by atoms with Crippen LogP contribution in [0.4, 0.5) is 16.2 Å². The topological polar surface area (TPSA) is 97.2 Å². The summed E-state index contributed by atoms with van der Waals surface area (Å²) >= 11 is 1.56. The first-order valence-electron chi connectivity index (χ1n) is 7.59. The van der Waals surface area contributed by atoms with Crippen LogP contribution < -0.4 is 10.6 Å². The summed E-state index contributed by atoms with van der Waals surface area (Å²) in [7, 11) is 0. The number of nitrogens with one attached hydrogen (secondary N) is 2. The van der Waals surface area contributed by atoms with Crippen molar-refractivity contribution < 1.29 is 9.72 Å². The lowest BCUT2D eigenvalue weighted by Gasteiger charge is -2.15. The minimum atomic E-state index is -0.456. The van der Waals surface area contributed by atoms with E-state index in [0.29, 0.717) is 11.3 Å². The zero-order chi connectivity index (χ0) is 17.9. The number of thiazole rings is 1. The highest BCUT2D eigenvalue weighted by Gasteiger charge is 2.19. The van der Waals surface area contributed by atoms with Crippen molar-refractivity contribution in [3.05, 3.63) is 49.5 Å². The summed E-state index contributed by atoms with van der Waals surface area (Å²) in [4.78, 5) is 27.3. The van der Waals surface area contributed by atoms with Crippen molar-refractivity contribution >= 4 is 28.7 Å². The van der Waals surface area contributed by atoms with Crippen LogP contribution in [0.2, 0.25) is 0 Å². The molecule has 0 radical (unpaired) electrons. The van der Waals surface area contributed by atoms with E-state index in [1.165, 1.54) is 6.07 Å². The van der Waals surface area contributed by atoms with Crippen LogP contribution in [-0.2, 0) is 6.42 Å². The lowest BCUT2D eigenvalue weighted by molar-refractivity contribution is -0.385. The van der Waals surface area contributed by atoms with Crippen molar-refractivity contribution in [1.82, 2.24) is 10.3 Å². The van der Waals surface area contributed by atoms with Gasteiger partial charge >= 0.3 is 6.03 Å². The van der Waals surface area contributed by atoms with E-state index in [1.54, 1.807) is 31.3 Å². The van der Waals surface area contributed by atoms with Crippen molar-refractivity contribution in [1.29, 1.82) is 0 Å². The number of aromatic nitrogens is 1. The normalized spacial score (nSPS) is 11.8. The number of anilines is 1. The van der Waals surface area contributed by atoms with Gasteiger partial charge in [0.2, 0.25) is 0 Å². The molecule has 2 N–H and O–H groups in total. The zero-order valence-electron chi connectivity index (χ0n) is 14.0. The first-order valence-corrected chi connectivity index (χ1v) is 8.47. The van der Waals surface area contributed by atoms with E-state index in [4.69, 9.17) is 0 Å². The van der Waals surface area contributed by atoms with Crippen LogP contribution in [0.3, 0.4) is 0 Å². The summed E-state index contributed by atoms with van der Waals surface area (Å²) in [5.74, 6) is 0. The monoisotopic (exact) mass is 348 g/mol. The molecule has 0 saturated carbocycles. The molecular weight excluding hydrogens is 328 g/mol. The van der Waals surface area contributed by atoms with E-state index in [1.807, 2.05) is 19.2 Å². The zero-order valence-corrected chi connectivity index (χ0v) is 14.9. The largest absolute Gasteiger partial charge is 0.330 e. The molecule has 2 aromatic rings. The summed E-state index contributed by atoms with van der Waals surface area (Å²) < 4.78 is 0. The average molecular weight is 348 g/mol. The third-order valence-electron chi connectivity index (χ3n) is 3.74. The van der Waals surface area contributed by atoms with Crippen LogP contribution in [-0.4, -0.2) is 15.9 Å². The molecule has 2 rings (SSSR count). The fourth-order valence-corrected chi connectivity index (χ4v) is 3.17. The van der Waals surface area contributed by atoms with Crippen molar-refractivity contribution in [3.8, 4) is 0 Å². The number of benzene rings is 1. The van der Waals surface area contributed by atoms with Gasteiger partial charge in [-0.05, 0) is 32.8 Å². The molecule has 8 heteroatoms. The number of aryl methyl sites for hydroxylation is 2. The van der Waals surface area contributed by atoms with E-state index in [0.717, 1.165) is 22.7 Å². The summed E-state index contributed by atoms with van der Waals surface area (Å²) in [6.45, 7) is 7.30. The van der Waals surface area contributed by atoms with Crippen LogP contribution in [0, 0.1) is 24.0 Å². The summed E-state index contributed by atoms with van der Waals surface area (Å²) in [6, 6.07) is 2.40. The van der Waals surface area contributed by atoms with Gasteiger partial charge in [0.25, 0.3) is 5.69 Å². The van der Waals surface area contributed by atoms with Crippen LogP contribution in [0.15, 0.2) is 17.5 Å². The molecule has 7 nitrogen and oxygen atoms in total. The predicted octanol–water partition coefficient (Wildman–Crippen LogP) is 4.11. The van der Waals surface area contributed by atoms with E-state index >= 15 is 0 Å². The standard InChI is InChI=1S/C16H20N4O3S/c1-5-14-18-12(8-24-14)11(4)17-16(21)19-15-9(2)6-7-13(10(15)3)20(22)23/h6-8,11H,5H2,1-4H3,(H2,17,19,21)/t11-/m0/s1. The van der Waals surface area contributed by atoms with Crippen molar-refractivity contribution in [3.63, 3.8) is 0 Å². The molecule has 0 aliphatic carbocycles. The maximum atomic E-state index is 12.2. The summed E-state index contributed by atoms with van der Waals surface area (Å²) in [5, 5.41) is 19.5. The molecule has 0 spiro atoms. The van der Waals surface area contributed by atoms with Gasteiger partial charge in [0, 0.05) is 11.4 Å². The summed E-state index contributed by atoms with van der Waals surface area (Å²) in [5.41, 5.74) is 2.45. The minimum absolute atomic E-state index is 0.0176. The van der Waals surface area contributed by atoms with Crippen molar-refractivity contribution in [2.24, 2.45) is 0 Å². The molecule has 1 atom stereocenters. The molecule has 0 aliphatic heterocycles. The quantitative estimate of drug-likeness (QED) is 0.627. The number of urea groups is 1. The Morgan fingerprint density at radius 2 is 2.12 bits per heavy atom. The molecule has 2 amide bonds. The Labute approximate surface area is 144 Å². The predicted molar refractivity (Wildman–Crippen MR) is 94.6 cm³/mol. The molecule has 0 fully saturated rings. The van der Waals surface area contributed by atoms with Gasteiger partial charge in [0.15, 0.2) is 0 Å². The molecule has 24 heavy (non-hydrogen) atoms. The van der Waals surface area contributed by atoms with E-state index in [2.05, 4.69) is 15.6 Å². The van der Waals surface area contributed by atoms with E-state index in [-0.39, 0.29) is 11.7 Å². The molecule has 1 aromatic heterocycles. The second kappa shape index (κ2) is 7.39. The number of carbonyl (C=O) groups is 1. The number of rotatable bonds is 5. The molecule has 0 saturated heterocycles. The number of carbonyl (C=O) groups excluding carboxylic acids is 1. The van der Waals surface area contributed by atoms with Gasteiger partial charge in [-0.1, -0.05) is 13.0 Å². The second-order valence-corrected chi connectivity index (χ2v) is 6.44. The Bertz CT molecular complexity index is 773. The van der Waals surface area contributed by atoms with Crippen molar-refractivity contribution in [2.75, 3.05) is 5.32 Å². The first-order chi connectivity index (χ1) is 11.3. The highest BCUT2D eigenvalue weighted by Crippen LogP contribution is 2.28. The summed E-state index contributed by atoms with van der Waals surface area (Å²) in [6.07, 6.45) is 0.857. The third-order valence-corrected chi connectivity index (χ3v) is 4.75. The Balaban J connectivity index is 2.12. The molecule has 1 heterocycles.